The lowest BCUT2D eigenvalue weighted by atomic mass is 9.86. The fourth-order valence-electron chi connectivity index (χ4n) is 3.67. The molecule has 1 amide bonds. The molecule has 2 N–H and O–H groups in total. The molecule has 0 radical (unpaired) electrons. The van der Waals surface area contributed by atoms with E-state index in [4.69, 9.17) is 0 Å². The average molecular weight is 289 g/mol. The van der Waals surface area contributed by atoms with Crippen LogP contribution in [0.15, 0.2) is 12.5 Å². The molecular weight excluding hydrogens is 262 g/mol. The van der Waals surface area contributed by atoms with Crippen molar-refractivity contribution in [2.45, 2.75) is 63.7 Å². The van der Waals surface area contributed by atoms with Gasteiger partial charge >= 0.3 is 0 Å². The van der Waals surface area contributed by atoms with E-state index in [0.717, 1.165) is 31.0 Å². The third-order valence-corrected chi connectivity index (χ3v) is 5.11. The van der Waals surface area contributed by atoms with Gasteiger partial charge in [0.2, 0.25) is 5.91 Å². The molecule has 116 valence electrons. The molecule has 0 aromatic carbocycles. The molecule has 2 atom stereocenters. The van der Waals surface area contributed by atoms with Crippen LogP contribution in [0.25, 0.3) is 0 Å². The smallest absolute Gasteiger partial charge is 0.223 e. The fourth-order valence-corrected chi connectivity index (χ4v) is 3.67. The summed E-state index contributed by atoms with van der Waals surface area (Å²) in [4.78, 5) is 19.2. The Balaban J connectivity index is 1.25. The minimum absolute atomic E-state index is 0.170. The van der Waals surface area contributed by atoms with Crippen LogP contribution in [0.5, 0.6) is 0 Å². The third-order valence-electron chi connectivity index (χ3n) is 5.11. The highest BCUT2D eigenvalue weighted by molar-refractivity contribution is 5.82. The molecule has 2 fully saturated rings. The summed E-state index contributed by atoms with van der Waals surface area (Å²) in [5.74, 6) is 1.73. The van der Waals surface area contributed by atoms with Crippen LogP contribution < -0.4 is 5.32 Å². The molecule has 4 nitrogen and oxygen atoms in total. The Morgan fingerprint density at radius 2 is 2.14 bits per heavy atom. The number of carbonyl (C=O) groups is 1. The Kier molecular flexibility index (Phi) is 4.94. The molecule has 2 aliphatic carbocycles. The molecule has 1 aromatic rings. The topological polar surface area (TPSA) is 57.8 Å². The molecule has 3 rings (SSSR count). The third kappa shape index (κ3) is 4.08. The number of carbonyl (C=O) groups excluding carboxylic acids is 1. The Morgan fingerprint density at radius 1 is 1.29 bits per heavy atom. The number of nitrogens with zero attached hydrogens (tertiary/aromatic N) is 1. The minimum Gasteiger partial charge on any atom is -0.356 e. The number of aromatic amines is 1. The molecule has 21 heavy (non-hydrogen) atoms. The van der Waals surface area contributed by atoms with Crippen LogP contribution in [0.2, 0.25) is 0 Å². The van der Waals surface area contributed by atoms with Crippen molar-refractivity contribution in [3.63, 3.8) is 0 Å². The summed E-state index contributed by atoms with van der Waals surface area (Å²) in [5.41, 5.74) is 1.10. The van der Waals surface area contributed by atoms with Gasteiger partial charge in [-0.15, -0.1) is 0 Å². The van der Waals surface area contributed by atoms with Crippen LogP contribution in [-0.4, -0.2) is 22.4 Å². The molecule has 2 aliphatic rings. The van der Waals surface area contributed by atoms with Gasteiger partial charge in [-0.2, -0.15) is 0 Å². The predicted octanol–water partition coefficient (Wildman–Crippen LogP) is 3.38. The highest BCUT2D eigenvalue weighted by Crippen LogP contribution is 2.46. The maximum absolute atomic E-state index is 12.0. The Bertz CT molecular complexity index is 437. The van der Waals surface area contributed by atoms with Crippen LogP contribution in [0, 0.1) is 11.8 Å². The zero-order valence-electron chi connectivity index (χ0n) is 12.8. The number of unbranched alkanes of at least 4 members (excludes halogenated alkanes) is 1. The van der Waals surface area contributed by atoms with Crippen molar-refractivity contribution >= 4 is 5.91 Å². The predicted molar refractivity (Wildman–Crippen MR) is 82.9 cm³/mol. The first-order chi connectivity index (χ1) is 10.3. The van der Waals surface area contributed by atoms with Gasteiger partial charge in [-0.05, 0) is 18.8 Å². The first-order valence-corrected chi connectivity index (χ1v) is 8.60. The van der Waals surface area contributed by atoms with Gasteiger partial charge in [-0.25, -0.2) is 4.98 Å². The van der Waals surface area contributed by atoms with E-state index < -0.39 is 0 Å². The summed E-state index contributed by atoms with van der Waals surface area (Å²) < 4.78 is 0. The van der Waals surface area contributed by atoms with Gasteiger partial charge in [0.15, 0.2) is 0 Å². The van der Waals surface area contributed by atoms with Crippen molar-refractivity contribution in [3.05, 3.63) is 18.2 Å². The van der Waals surface area contributed by atoms with E-state index in [-0.39, 0.29) is 11.8 Å². The lowest BCUT2D eigenvalue weighted by Gasteiger charge is -2.21. The van der Waals surface area contributed by atoms with Crippen molar-refractivity contribution in [1.29, 1.82) is 0 Å². The molecule has 0 unspecified atom stereocenters. The quantitative estimate of drug-likeness (QED) is 0.756. The standard InChI is InChI=1S/C17H27N3O/c21-17(15-10-14(15)16-11-18-12-20-16)19-9-5-4-8-13-6-2-1-3-7-13/h11-15H,1-10H2,(H,18,20)(H,19,21)/t14-,15-/m1/s1. The van der Waals surface area contributed by atoms with E-state index in [2.05, 4.69) is 15.3 Å². The molecule has 2 saturated carbocycles. The van der Waals surface area contributed by atoms with Crippen LogP contribution in [0.4, 0.5) is 0 Å². The summed E-state index contributed by atoms with van der Waals surface area (Å²) in [5, 5.41) is 3.10. The monoisotopic (exact) mass is 289 g/mol. The zero-order valence-corrected chi connectivity index (χ0v) is 12.8. The van der Waals surface area contributed by atoms with Gasteiger partial charge in [-0.3, -0.25) is 4.79 Å². The molecule has 0 saturated heterocycles. The molecule has 1 heterocycles. The molecular formula is C17H27N3O. The number of hydrogen-bond acceptors (Lipinski definition) is 2. The number of H-pyrrole nitrogens is 1. The number of imidazole rings is 1. The Morgan fingerprint density at radius 3 is 2.90 bits per heavy atom. The van der Waals surface area contributed by atoms with Crippen molar-refractivity contribution in [2.75, 3.05) is 6.54 Å². The minimum atomic E-state index is 0.170. The number of aromatic nitrogens is 2. The van der Waals surface area contributed by atoms with E-state index >= 15 is 0 Å². The largest absolute Gasteiger partial charge is 0.356 e. The SMILES string of the molecule is O=C(NCCCCC1CCCCC1)[C@@H]1C[C@H]1c1cnc[nH]1. The van der Waals surface area contributed by atoms with E-state index in [9.17, 15) is 4.79 Å². The number of hydrogen-bond donors (Lipinski definition) is 2. The maximum atomic E-state index is 12.0. The Labute approximate surface area is 127 Å². The van der Waals surface area contributed by atoms with Crippen LogP contribution in [0.3, 0.4) is 0 Å². The van der Waals surface area contributed by atoms with Crippen molar-refractivity contribution in [3.8, 4) is 0 Å². The summed E-state index contributed by atoms with van der Waals surface area (Å²) in [6.07, 6.45) is 15.4. The van der Waals surface area contributed by atoms with E-state index in [0.29, 0.717) is 5.92 Å². The maximum Gasteiger partial charge on any atom is 0.223 e. The first-order valence-electron chi connectivity index (χ1n) is 8.60. The summed E-state index contributed by atoms with van der Waals surface area (Å²) in [7, 11) is 0. The van der Waals surface area contributed by atoms with E-state index in [1.54, 1.807) is 6.33 Å². The summed E-state index contributed by atoms with van der Waals surface area (Å²) >= 11 is 0. The molecule has 0 bridgehead atoms. The molecule has 1 aromatic heterocycles. The normalized spacial score (nSPS) is 25.7. The zero-order chi connectivity index (χ0) is 14.5. The molecule has 0 spiro atoms. The number of rotatable bonds is 7. The first kappa shape index (κ1) is 14.6. The van der Waals surface area contributed by atoms with E-state index in [1.807, 2.05) is 6.20 Å². The fraction of sp³-hybridized carbons (Fsp3) is 0.765. The van der Waals surface area contributed by atoms with Gasteiger partial charge in [0.1, 0.15) is 0 Å². The Hall–Kier alpha value is -1.32. The van der Waals surface area contributed by atoms with Crippen LogP contribution in [0.1, 0.15) is 69.4 Å². The summed E-state index contributed by atoms with van der Waals surface area (Å²) in [6, 6.07) is 0. The van der Waals surface area contributed by atoms with Crippen molar-refractivity contribution in [1.82, 2.24) is 15.3 Å². The molecule has 0 aliphatic heterocycles. The van der Waals surface area contributed by atoms with Gasteiger partial charge in [-0.1, -0.05) is 44.9 Å². The van der Waals surface area contributed by atoms with Gasteiger partial charge in [0.05, 0.1) is 6.33 Å². The van der Waals surface area contributed by atoms with Gasteiger partial charge < -0.3 is 10.3 Å². The number of amides is 1. The number of nitrogens with one attached hydrogen (secondary N) is 2. The van der Waals surface area contributed by atoms with Crippen molar-refractivity contribution in [2.24, 2.45) is 11.8 Å². The van der Waals surface area contributed by atoms with E-state index in [1.165, 1.54) is 44.9 Å². The molecule has 4 heteroatoms. The van der Waals surface area contributed by atoms with Crippen molar-refractivity contribution < 1.29 is 4.79 Å². The second-order valence-corrected chi connectivity index (χ2v) is 6.75. The second kappa shape index (κ2) is 7.10. The van der Waals surface area contributed by atoms with Gasteiger partial charge in [0.25, 0.3) is 0 Å². The van der Waals surface area contributed by atoms with Gasteiger partial charge in [0, 0.05) is 30.3 Å². The summed E-state index contributed by atoms with van der Waals surface area (Å²) in [6.45, 7) is 0.845. The second-order valence-electron chi connectivity index (χ2n) is 6.75. The average Bonchev–Trinajstić information content (AvgIpc) is 3.13. The van der Waals surface area contributed by atoms with Crippen LogP contribution >= 0.6 is 0 Å². The lowest BCUT2D eigenvalue weighted by molar-refractivity contribution is -0.122. The highest BCUT2D eigenvalue weighted by Gasteiger charge is 2.44. The van der Waals surface area contributed by atoms with Crippen LogP contribution in [-0.2, 0) is 4.79 Å². The highest BCUT2D eigenvalue weighted by atomic mass is 16.2. The lowest BCUT2D eigenvalue weighted by Crippen LogP contribution is -2.26.